The van der Waals surface area contributed by atoms with Crippen molar-refractivity contribution in [2.45, 2.75) is 25.7 Å². The van der Waals surface area contributed by atoms with E-state index in [1.54, 1.807) is 18.0 Å². The predicted octanol–water partition coefficient (Wildman–Crippen LogP) is 2.44. The van der Waals surface area contributed by atoms with E-state index < -0.39 is 0 Å². The van der Waals surface area contributed by atoms with Gasteiger partial charge in [-0.25, -0.2) is 0 Å². The smallest absolute Gasteiger partial charge is 0.264 e. The molecule has 1 aromatic heterocycles. The van der Waals surface area contributed by atoms with Gasteiger partial charge in [0.25, 0.3) is 5.91 Å². The van der Waals surface area contributed by atoms with Crippen molar-refractivity contribution in [3.63, 3.8) is 0 Å². The molecule has 2 aliphatic rings. The van der Waals surface area contributed by atoms with Crippen LogP contribution in [0.3, 0.4) is 0 Å². The zero-order valence-corrected chi connectivity index (χ0v) is 17.4. The van der Waals surface area contributed by atoms with Crippen LogP contribution in [0.5, 0.6) is 0 Å². The molecule has 0 N–H and O–H groups in total. The molecule has 26 heavy (non-hydrogen) atoms. The van der Waals surface area contributed by atoms with E-state index in [1.165, 1.54) is 16.2 Å². The zero-order chi connectivity index (χ0) is 18.7. The number of thiophene rings is 1. The van der Waals surface area contributed by atoms with Gasteiger partial charge in [-0.15, -0.1) is 11.3 Å². The van der Waals surface area contributed by atoms with Crippen molar-refractivity contribution in [3.8, 4) is 0 Å². The largest absolute Gasteiger partial charge is 0.342 e. The van der Waals surface area contributed by atoms with Crippen LogP contribution in [-0.4, -0.2) is 72.2 Å². The highest BCUT2D eigenvalue weighted by molar-refractivity contribution is 9.11. The minimum absolute atomic E-state index is 0.0416. The Labute approximate surface area is 166 Å². The molecule has 1 aromatic rings. The maximum absolute atomic E-state index is 12.5. The van der Waals surface area contributed by atoms with Crippen LogP contribution < -0.4 is 0 Å². The molecule has 0 unspecified atom stereocenters. The SMILES string of the molecule is CN(CC(=O)N1CCC(C(=O)N2CCCC2)CC1)C(=O)c1ccc(Br)s1. The molecule has 0 spiro atoms. The zero-order valence-electron chi connectivity index (χ0n) is 14.9. The highest BCUT2D eigenvalue weighted by Crippen LogP contribution is 2.24. The van der Waals surface area contributed by atoms with E-state index in [0.717, 1.165) is 42.6 Å². The van der Waals surface area contributed by atoms with Gasteiger partial charge in [-0.3, -0.25) is 14.4 Å². The number of carbonyl (C=O) groups is 3. The van der Waals surface area contributed by atoms with Gasteiger partial charge < -0.3 is 14.7 Å². The average molecular weight is 442 g/mol. The highest BCUT2D eigenvalue weighted by Gasteiger charge is 2.31. The summed E-state index contributed by atoms with van der Waals surface area (Å²) in [5.41, 5.74) is 0. The molecule has 0 saturated carbocycles. The summed E-state index contributed by atoms with van der Waals surface area (Å²) < 4.78 is 0.894. The van der Waals surface area contributed by atoms with Crippen molar-refractivity contribution < 1.29 is 14.4 Å². The van der Waals surface area contributed by atoms with E-state index >= 15 is 0 Å². The number of likely N-dealkylation sites (N-methyl/N-ethyl adjacent to an activating group) is 1. The van der Waals surface area contributed by atoms with Crippen LogP contribution >= 0.6 is 27.3 Å². The Kier molecular flexibility index (Phi) is 6.34. The molecule has 2 fully saturated rings. The van der Waals surface area contributed by atoms with Gasteiger partial charge >= 0.3 is 0 Å². The van der Waals surface area contributed by atoms with Gasteiger partial charge in [-0.05, 0) is 53.7 Å². The summed E-state index contributed by atoms with van der Waals surface area (Å²) in [6.45, 7) is 3.01. The molecule has 0 radical (unpaired) electrons. The fraction of sp³-hybridized carbons (Fsp3) is 0.611. The van der Waals surface area contributed by atoms with E-state index in [0.29, 0.717) is 18.0 Å². The lowest BCUT2D eigenvalue weighted by molar-refractivity contribution is -0.140. The van der Waals surface area contributed by atoms with Crippen LogP contribution in [0.4, 0.5) is 0 Å². The Morgan fingerprint density at radius 2 is 1.77 bits per heavy atom. The van der Waals surface area contributed by atoms with Crippen molar-refractivity contribution in [1.29, 1.82) is 0 Å². The summed E-state index contributed by atoms with van der Waals surface area (Å²) in [4.78, 5) is 43.2. The molecule has 3 rings (SSSR count). The summed E-state index contributed by atoms with van der Waals surface area (Å²) >= 11 is 4.71. The fourth-order valence-electron chi connectivity index (χ4n) is 3.56. The molecular formula is C18H24BrN3O3S. The van der Waals surface area contributed by atoms with Crippen molar-refractivity contribution in [3.05, 3.63) is 20.8 Å². The third-order valence-electron chi connectivity index (χ3n) is 5.12. The van der Waals surface area contributed by atoms with Crippen LogP contribution in [0.25, 0.3) is 0 Å². The third-order valence-corrected chi connectivity index (χ3v) is 6.73. The Morgan fingerprint density at radius 1 is 1.12 bits per heavy atom. The van der Waals surface area contributed by atoms with Crippen LogP contribution in [0, 0.1) is 5.92 Å². The summed E-state index contributed by atoms with van der Waals surface area (Å²) in [5, 5.41) is 0. The monoisotopic (exact) mass is 441 g/mol. The van der Waals surface area contributed by atoms with E-state index in [4.69, 9.17) is 0 Å². The number of rotatable bonds is 4. The molecule has 0 bridgehead atoms. The van der Waals surface area contributed by atoms with Gasteiger partial charge in [-0.1, -0.05) is 0 Å². The first-order valence-electron chi connectivity index (χ1n) is 9.03. The molecule has 3 amide bonds. The van der Waals surface area contributed by atoms with Crippen molar-refractivity contribution >= 4 is 45.0 Å². The Bertz CT molecular complexity index is 679. The molecule has 2 saturated heterocycles. The number of hydrogen-bond acceptors (Lipinski definition) is 4. The van der Waals surface area contributed by atoms with E-state index in [-0.39, 0.29) is 30.2 Å². The van der Waals surface area contributed by atoms with Crippen molar-refractivity contribution in [2.75, 3.05) is 39.8 Å². The number of hydrogen-bond donors (Lipinski definition) is 0. The Hall–Kier alpha value is -1.41. The number of carbonyl (C=O) groups excluding carboxylic acids is 3. The first kappa shape index (κ1) is 19.4. The molecule has 0 aromatic carbocycles. The lowest BCUT2D eigenvalue weighted by Gasteiger charge is -2.34. The molecule has 8 heteroatoms. The number of halogens is 1. The first-order chi connectivity index (χ1) is 12.5. The second-order valence-electron chi connectivity index (χ2n) is 6.95. The normalized spacial score (nSPS) is 18.2. The fourth-order valence-corrected chi connectivity index (χ4v) is 4.94. The van der Waals surface area contributed by atoms with Gasteiger partial charge in [0.15, 0.2) is 0 Å². The quantitative estimate of drug-likeness (QED) is 0.720. The summed E-state index contributed by atoms with van der Waals surface area (Å²) in [5.74, 6) is 0.0989. The van der Waals surface area contributed by atoms with Crippen molar-refractivity contribution in [2.24, 2.45) is 5.92 Å². The summed E-state index contributed by atoms with van der Waals surface area (Å²) in [6.07, 6.45) is 3.64. The molecule has 3 heterocycles. The van der Waals surface area contributed by atoms with Gasteiger partial charge in [0.2, 0.25) is 11.8 Å². The van der Waals surface area contributed by atoms with Crippen molar-refractivity contribution in [1.82, 2.24) is 14.7 Å². The lowest BCUT2D eigenvalue weighted by atomic mass is 9.95. The third kappa shape index (κ3) is 4.46. The Balaban J connectivity index is 1.47. The van der Waals surface area contributed by atoms with Crippen LogP contribution in [0.1, 0.15) is 35.4 Å². The lowest BCUT2D eigenvalue weighted by Crippen LogP contribution is -2.47. The maximum Gasteiger partial charge on any atom is 0.264 e. The van der Waals surface area contributed by atoms with E-state index in [2.05, 4.69) is 15.9 Å². The first-order valence-corrected chi connectivity index (χ1v) is 10.6. The van der Waals surface area contributed by atoms with E-state index in [9.17, 15) is 14.4 Å². The number of nitrogens with zero attached hydrogens (tertiary/aromatic N) is 3. The van der Waals surface area contributed by atoms with Gasteiger partial charge in [0.05, 0.1) is 15.2 Å². The van der Waals surface area contributed by atoms with E-state index in [1.807, 2.05) is 11.0 Å². The average Bonchev–Trinajstić information content (AvgIpc) is 3.32. The minimum Gasteiger partial charge on any atom is -0.342 e. The highest BCUT2D eigenvalue weighted by atomic mass is 79.9. The molecular weight excluding hydrogens is 418 g/mol. The second-order valence-corrected chi connectivity index (χ2v) is 9.42. The number of piperidine rings is 1. The van der Waals surface area contributed by atoms with Crippen LogP contribution in [0.2, 0.25) is 0 Å². The maximum atomic E-state index is 12.5. The molecule has 142 valence electrons. The molecule has 2 aliphatic heterocycles. The minimum atomic E-state index is -0.145. The summed E-state index contributed by atoms with van der Waals surface area (Å²) in [7, 11) is 1.65. The van der Waals surface area contributed by atoms with Gasteiger partial charge in [0, 0.05) is 39.1 Å². The second kappa shape index (κ2) is 8.52. The van der Waals surface area contributed by atoms with Gasteiger partial charge in [-0.2, -0.15) is 0 Å². The van der Waals surface area contributed by atoms with Crippen LogP contribution in [0.15, 0.2) is 15.9 Å². The summed E-state index contributed by atoms with van der Waals surface area (Å²) in [6, 6.07) is 3.59. The molecule has 6 nitrogen and oxygen atoms in total. The Morgan fingerprint density at radius 3 is 2.35 bits per heavy atom. The molecule has 0 aliphatic carbocycles. The topological polar surface area (TPSA) is 60.9 Å². The number of likely N-dealkylation sites (tertiary alicyclic amines) is 2. The standard InChI is InChI=1S/C18H24BrN3O3S/c1-20(18(25)14-4-5-15(19)26-14)12-16(23)21-10-6-13(7-11-21)17(24)22-8-2-3-9-22/h4-5,13H,2-3,6-12H2,1H3. The van der Waals surface area contributed by atoms with Gasteiger partial charge in [0.1, 0.15) is 0 Å². The molecule has 0 atom stereocenters. The number of amides is 3. The predicted molar refractivity (Wildman–Crippen MR) is 104 cm³/mol. The van der Waals surface area contributed by atoms with Crippen LogP contribution in [-0.2, 0) is 9.59 Å².